The maximum Gasteiger partial charge on any atom is 0.306 e. The molecule has 0 fully saturated rings. The summed E-state index contributed by atoms with van der Waals surface area (Å²) in [7, 11) is 1.64. The predicted octanol–water partition coefficient (Wildman–Crippen LogP) is 3.02. The highest BCUT2D eigenvalue weighted by atomic mass is 32.2. The van der Waals surface area contributed by atoms with Crippen molar-refractivity contribution >= 4 is 17.7 Å². The fraction of sp³-hybridized carbons (Fsp3) is 0.438. The number of aromatic nitrogens is 3. The highest BCUT2D eigenvalue weighted by Gasteiger charge is 2.16. The summed E-state index contributed by atoms with van der Waals surface area (Å²) in [6, 6.07) is 7.73. The number of para-hydroxylation sites is 1. The van der Waals surface area contributed by atoms with E-state index in [4.69, 9.17) is 9.47 Å². The largest absolute Gasteiger partial charge is 0.496 e. The Kier molecular flexibility index (Phi) is 6.46. The van der Waals surface area contributed by atoms with Gasteiger partial charge in [-0.1, -0.05) is 23.9 Å². The summed E-state index contributed by atoms with van der Waals surface area (Å²) >= 11 is 1.50. The van der Waals surface area contributed by atoms with Gasteiger partial charge >= 0.3 is 5.97 Å². The number of rotatable bonds is 8. The highest BCUT2D eigenvalue weighted by molar-refractivity contribution is 7.99. The van der Waals surface area contributed by atoms with Crippen molar-refractivity contribution in [1.29, 1.82) is 0 Å². The molecule has 6 nitrogen and oxygen atoms in total. The fourth-order valence-electron chi connectivity index (χ4n) is 2.17. The first-order chi connectivity index (χ1) is 11.2. The molecule has 2 rings (SSSR count). The molecule has 1 aromatic heterocycles. The number of carbonyl (C=O) groups is 1. The number of methoxy groups -OCH3 is 1. The first kappa shape index (κ1) is 17.3. The van der Waals surface area contributed by atoms with E-state index < -0.39 is 0 Å². The molecule has 0 aliphatic heterocycles. The van der Waals surface area contributed by atoms with Gasteiger partial charge in [-0.05, 0) is 26.0 Å². The van der Waals surface area contributed by atoms with Gasteiger partial charge < -0.3 is 14.0 Å². The summed E-state index contributed by atoms with van der Waals surface area (Å²) in [6.45, 7) is 4.99. The average molecular weight is 335 g/mol. The molecule has 0 unspecified atom stereocenters. The van der Waals surface area contributed by atoms with Crippen LogP contribution in [-0.4, -0.2) is 40.2 Å². The number of benzene rings is 1. The first-order valence-electron chi connectivity index (χ1n) is 7.56. The van der Waals surface area contributed by atoms with E-state index in [2.05, 4.69) is 10.2 Å². The van der Waals surface area contributed by atoms with Gasteiger partial charge in [-0.2, -0.15) is 0 Å². The fourth-order valence-corrected chi connectivity index (χ4v) is 3.09. The number of nitrogens with zero attached hydrogens (tertiary/aromatic N) is 3. The van der Waals surface area contributed by atoms with Gasteiger partial charge in [0, 0.05) is 12.3 Å². The number of ether oxygens (including phenoxy) is 2. The Labute approximate surface area is 140 Å². The lowest BCUT2D eigenvalue weighted by molar-refractivity contribution is -0.142. The van der Waals surface area contributed by atoms with E-state index in [1.54, 1.807) is 14.0 Å². The van der Waals surface area contributed by atoms with Crippen molar-refractivity contribution < 1.29 is 14.3 Å². The molecule has 0 bridgehead atoms. The molecular formula is C16H21N3O3S. The van der Waals surface area contributed by atoms with E-state index >= 15 is 0 Å². The molecular weight excluding hydrogens is 314 g/mol. The van der Waals surface area contributed by atoms with Gasteiger partial charge in [-0.15, -0.1) is 10.2 Å². The number of hydrogen-bond acceptors (Lipinski definition) is 6. The Hall–Kier alpha value is -2.02. The quantitative estimate of drug-likeness (QED) is 0.546. The van der Waals surface area contributed by atoms with Crippen LogP contribution < -0.4 is 4.74 Å². The van der Waals surface area contributed by atoms with Crippen LogP contribution in [0.4, 0.5) is 0 Å². The minimum atomic E-state index is -0.187. The zero-order valence-electron chi connectivity index (χ0n) is 13.6. The van der Waals surface area contributed by atoms with Gasteiger partial charge in [-0.25, -0.2) is 0 Å². The van der Waals surface area contributed by atoms with Crippen molar-refractivity contribution in [2.45, 2.75) is 32.0 Å². The number of carbonyl (C=O) groups excluding carboxylic acids is 1. The van der Waals surface area contributed by atoms with Crippen LogP contribution in [0.15, 0.2) is 29.4 Å². The Morgan fingerprint density at radius 1 is 1.26 bits per heavy atom. The molecule has 0 saturated carbocycles. The molecule has 124 valence electrons. The van der Waals surface area contributed by atoms with Crippen molar-refractivity contribution in [3.63, 3.8) is 0 Å². The van der Waals surface area contributed by atoms with Crippen LogP contribution in [0.2, 0.25) is 0 Å². The SMILES string of the molecule is CCOC(=O)CCSc1nnc(-c2ccccc2OC)n1CC. The molecule has 1 aromatic carbocycles. The third-order valence-electron chi connectivity index (χ3n) is 3.22. The van der Waals surface area contributed by atoms with Crippen molar-refractivity contribution in [3.8, 4) is 17.1 Å². The van der Waals surface area contributed by atoms with Crippen molar-refractivity contribution in [2.75, 3.05) is 19.5 Å². The van der Waals surface area contributed by atoms with Gasteiger partial charge in [-0.3, -0.25) is 4.79 Å². The predicted molar refractivity (Wildman–Crippen MR) is 89.7 cm³/mol. The van der Waals surface area contributed by atoms with E-state index in [-0.39, 0.29) is 5.97 Å². The Balaban J connectivity index is 2.15. The molecule has 0 spiro atoms. The highest BCUT2D eigenvalue weighted by Crippen LogP contribution is 2.30. The van der Waals surface area contributed by atoms with Crippen molar-refractivity contribution in [3.05, 3.63) is 24.3 Å². The summed E-state index contributed by atoms with van der Waals surface area (Å²) < 4.78 is 12.3. The Morgan fingerprint density at radius 2 is 2.04 bits per heavy atom. The molecule has 1 heterocycles. The van der Waals surface area contributed by atoms with Crippen LogP contribution in [-0.2, 0) is 16.1 Å². The topological polar surface area (TPSA) is 66.2 Å². The van der Waals surface area contributed by atoms with E-state index in [0.29, 0.717) is 18.8 Å². The standard InChI is InChI=1S/C16H21N3O3S/c1-4-19-15(12-8-6-7-9-13(12)21-3)17-18-16(19)23-11-10-14(20)22-5-2/h6-9H,4-5,10-11H2,1-3H3. The lowest BCUT2D eigenvalue weighted by atomic mass is 10.2. The van der Waals surface area contributed by atoms with E-state index in [1.807, 2.05) is 35.8 Å². The number of thioether (sulfide) groups is 1. The lowest BCUT2D eigenvalue weighted by Crippen LogP contribution is -2.06. The monoisotopic (exact) mass is 335 g/mol. The molecule has 23 heavy (non-hydrogen) atoms. The Bertz CT molecular complexity index is 658. The normalized spacial score (nSPS) is 10.6. The van der Waals surface area contributed by atoms with Gasteiger partial charge in [0.05, 0.1) is 25.7 Å². The van der Waals surface area contributed by atoms with Gasteiger partial charge in [0.25, 0.3) is 0 Å². The number of esters is 1. The minimum Gasteiger partial charge on any atom is -0.496 e. The van der Waals surface area contributed by atoms with Crippen molar-refractivity contribution in [2.24, 2.45) is 0 Å². The van der Waals surface area contributed by atoms with Crippen LogP contribution in [0.3, 0.4) is 0 Å². The molecule has 7 heteroatoms. The number of hydrogen-bond donors (Lipinski definition) is 0. The van der Waals surface area contributed by atoms with Crippen LogP contribution in [0.1, 0.15) is 20.3 Å². The molecule has 0 amide bonds. The summed E-state index contributed by atoms with van der Waals surface area (Å²) in [5.41, 5.74) is 0.904. The molecule has 2 aromatic rings. The van der Waals surface area contributed by atoms with Crippen LogP contribution >= 0.6 is 11.8 Å². The summed E-state index contributed by atoms with van der Waals surface area (Å²) in [6.07, 6.45) is 0.360. The van der Waals surface area contributed by atoms with E-state index in [9.17, 15) is 4.79 Å². The molecule has 0 atom stereocenters. The lowest BCUT2D eigenvalue weighted by Gasteiger charge is -2.10. The third-order valence-corrected chi connectivity index (χ3v) is 4.19. The second-order valence-electron chi connectivity index (χ2n) is 4.65. The van der Waals surface area contributed by atoms with E-state index in [1.165, 1.54) is 11.8 Å². The van der Waals surface area contributed by atoms with Crippen LogP contribution in [0.5, 0.6) is 5.75 Å². The maximum absolute atomic E-state index is 11.4. The van der Waals surface area contributed by atoms with Crippen molar-refractivity contribution in [1.82, 2.24) is 14.8 Å². The zero-order valence-corrected chi connectivity index (χ0v) is 14.4. The molecule has 0 aliphatic rings. The molecule has 0 aliphatic carbocycles. The summed E-state index contributed by atoms with van der Waals surface area (Å²) in [4.78, 5) is 11.4. The van der Waals surface area contributed by atoms with Gasteiger partial charge in [0.1, 0.15) is 5.75 Å². The van der Waals surface area contributed by atoms with E-state index in [0.717, 1.165) is 28.8 Å². The summed E-state index contributed by atoms with van der Waals surface area (Å²) in [5.74, 6) is 1.96. The Morgan fingerprint density at radius 3 is 2.74 bits per heavy atom. The first-order valence-corrected chi connectivity index (χ1v) is 8.54. The minimum absolute atomic E-state index is 0.187. The second-order valence-corrected chi connectivity index (χ2v) is 5.72. The van der Waals surface area contributed by atoms with Gasteiger partial charge in [0.2, 0.25) is 0 Å². The van der Waals surface area contributed by atoms with Gasteiger partial charge in [0.15, 0.2) is 11.0 Å². The smallest absolute Gasteiger partial charge is 0.306 e. The molecule has 0 N–H and O–H groups in total. The molecule has 0 saturated heterocycles. The van der Waals surface area contributed by atoms with Crippen LogP contribution in [0.25, 0.3) is 11.4 Å². The average Bonchev–Trinajstić information content (AvgIpc) is 2.97. The maximum atomic E-state index is 11.4. The zero-order chi connectivity index (χ0) is 16.7. The van der Waals surface area contributed by atoms with Crippen LogP contribution in [0, 0.1) is 0 Å². The third kappa shape index (κ3) is 4.25. The summed E-state index contributed by atoms with van der Waals surface area (Å²) in [5, 5.41) is 9.34. The second kappa shape index (κ2) is 8.57. The molecule has 0 radical (unpaired) electrons.